The Morgan fingerprint density at radius 2 is 2.29 bits per heavy atom. The molecule has 0 fully saturated rings. The predicted molar refractivity (Wildman–Crippen MR) is 69.5 cm³/mol. The van der Waals surface area contributed by atoms with Crippen LogP contribution >= 0.6 is 11.5 Å². The van der Waals surface area contributed by atoms with Gasteiger partial charge in [0.1, 0.15) is 10.6 Å². The molecule has 0 bridgehead atoms. The zero-order valence-corrected chi connectivity index (χ0v) is 11.1. The minimum absolute atomic E-state index is 0.0635. The molecule has 0 aliphatic rings. The van der Waals surface area contributed by atoms with Gasteiger partial charge in [-0.15, -0.1) is 0 Å². The Kier molecular flexibility index (Phi) is 5.17. The number of methoxy groups -OCH3 is 1. The molecule has 96 valence electrons. The molecule has 17 heavy (non-hydrogen) atoms. The van der Waals surface area contributed by atoms with Crippen molar-refractivity contribution in [2.45, 2.75) is 19.9 Å². The highest BCUT2D eigenvalue weighted by Gasteiger charge is 2.19. The monoisotopic (exact) mass is 258 g/mol. The van der Waals surface area contributed by atoms with Gasteiger partial charge >= 0.3 is 0 Å². The van der Waals surface area contributed by atoms with Crippen molar-refractivity contribution in [3.8, 4) is 0 Å². The number of hydrogen-bond acceptors (Lipinski definition) is 6. The van der Waals surface area contributed by atoms with Gasteiger partial charge in [-0.2, -0.15) is 4.37 Å². The van der Waals surface area contributed by atoms with Gasteiger partial charge in [-0.3, -0.25) is 4.79 Å². The topological polar surface area (TPSA) is 89.3 Å². The van der Waals surface area contributed by atoms with Crippen LogP contribution in [0, 0.1) is 0 Å². The van der Waals surface area contributed by atoms with Crippen LogP contribution < -0.4 is 16.4 Å². The van der Waals surface area contributed by atoms with Crippen LogP contribution in [0.25, 0.3) is 0 Å². The summed E-state index contributed by atoms with van der Waals surface area (Å²) in [4.78, 5) is 11.9. The van der Waals surface area contributed by atoms with E-state index in [1.807, 2.05) is 13.8 Å². The van der Waals surface area contributed by atoms with Gasteiger partial charge < -0.3 is 21.1 Å². The smallest absolute Gasteiger partial charge is 0.258 e. The van der Waals surface area contributed by atoms with E-state index in [0.29, 0.717) is 23.7 Å². The third-order valence-corrected chi connectivity index (χ3v) is 2.78. The molecule has 0 aliphatic carbocycles. The second-order valence-corrected chi connectivity index (χ2v) is 4.59. The number of hydrogen-bond donors (Lipinski definition) is 3. The van der Waals surface area contributed by atoms with Crippen molar-refractivity contribution in [1.29, 1.82) is 0 Å². The molecule has 0 saturated heterocycles. The first-order valence-corrected chi connectivity index (χ1v) is 6.12. The minimum Gasteiger partial charge on any atom is -0.383 e. The first-order chi connectivity index (χ1) is 8.06. The molecule has 1 rings (SSSR count). The van der Waals surface area contributed by atoms with Gasteiger partial charge in [0.05, 0.1) is 6.61 Å². The number of amides is 1. The molecule has 1 aromatic rings. The third-order valence-electron chi connectivity index (χ3n) is 1.96. The highest BCUT2D eigenvalue weighted by atomic mass is 32.1. The number of carbonyl (C=O) groups excluding carboxylic acids is 1. The van der Waals surface area contributed by atoms with Crippen LogP contribution in [0.4, 0.5) is 10.8 Å². The van der Waals surface area contributed by atoms with Crippen molar-refractivity contribution in [1.82, 2.24) is 9.69 Å². The van der Waals surface area contributed by atoms with Crippen molar-refractivity contribution in [3.05, 3.63) is 5.56 Å². The standard InChI is InChI=1S/C10H18N4O2S/c1-6(2)13-9(15)7-8(11)14-17-10(7)12-4-5-16-3/h6,12H,4-5H2,1-3H3,(H2,11,14)(H,13,15). The van der Waals surface area contributed by atoms with Gasteiger partial charge in [0, 0.05) is 19.7 Å². The van der Waals surface area contributed by atoms with Gasteiger partial charge in [0.2, 0.25) is 0 Å². The van der Waals surface area contributed by atoms with Crippen LogP contribution in [-0.2, 0) is 4.74 Å². The lowest BCUT2D eigenvalue weighted by molar-refractivity contribution is 0.0945. The summed E-state index contributed by atoms with van der Waals surface area (Å²) in [6.07, 6.45) is 0. The molecule has 1 amide bonds. The summed E-state index contributed by atoms with van der Waals surface area (Å²) in [6, 6.07) is 0.0635. The lowest BCUT2D eigenvalue weighted by Crippen LogP contribution is -2.31. The van der Waals surface area contributed by atoms with Crippen LogP contribution in [-0.4, -0.2) is 36.6 Å². The first-order valence-electron chi connectivity index (χ1n) is 5.35. The summed E-state index contributed by atoms with van der Waals surface area (Å²) >= 11 is 1.18. The van der Waals surface area contributed by atoms with E-state index in [9.17, 15) is 4.79 Å². The van der Waals surface area contributed by atoms with E-state index in [-0.39, 0.29) is 17.8 Å². The molecule has 1 aromatic heterocycles. The van der Waals surface area contributed by atoms with Crippen LogP contribution in [0.2, 0.25) is 0 Å². The quantitative estimate of drug-likeness (QED) is 0.660. The maximum Gasteiger partial charge on any atom is 0.258 e. The molecule has 0 radical (unpaired) electrons. The highest BCUT2D eigenvalue weighted by Crippen LogP contribution is 2.26. The SMILES string of the molecule is COCCNc1snc(N)c1C(=O)NC(C)C. The average molecular weight is 258 g/mol. The van der Waals surface area contributed by atoms with E-state index in [1.165, 1.54) is 11.5 Å². The van der Waals surface area contributed by atoms with Gasteiger partial charge in [-0.05, 0) is 25.4 Å². The molecule has 4 N–H and O–H groups in total. The lowest BCUT2D eigenvalue weighted by Gasteiger charge is -2.10. The van der Waals surface area contributed by atoms with E-state index in [1.54, 1.807) is 7.11 Å². The molecule has 7 heteroatoms. The molecule has 0 atom stereocenters. The fraction of sp³-hybridized carbons (Fsp3) is 0.600. The van der Waals surface area contributed by atoms with Crippen molar-refractivity contribution < 1.29 is 9.53 Å². The van der Waals surface area contributed by atoms with Crippen LogP contribution in [0.15, 0.2) is 0 Å². The van der Waals surface area contributed by atoms with E-state index >= 15 is 0 Å². The fourth-order valence-electron chi connectivity index (χ4n) is 1.24. The number of rotatable bonds is 6. The number of anilines is 2. The van der Waals surface area contributed by atoms with E-state index in [4.69, 9.17) is 10.5 Å². The van der Waals surface area contributed by atoms with Gasteiger partial charge in [-0.1, -0.05) is 0 Å². The largest absolute Gasteiger partial charge is 0.383 e. The molecule has 0 unspecified atom stereocenters. The number of nitrogens with two attached hydrogens (primary N) is 1. The summed E-state index contributed by atoms with van der Waals surface area (Å²) in [5, 5.41) is 6.55. The third kappa shape index (κ3) is 3.86. The van der Waals surface area contributed by atoms with Crippen LogP contribution in [0.5, 0.6) is 0 Å². The zero-order chi connectivity index (χ0) is 12.8. The maximum absolute atomic E-state index is 11.9. The highest BCUT2D eigenvalue weighted by molar-refractivity contribution is 7.11. The maximum atomic E-state index is 11.9. The number of carbonyl (C=O) groups is 1. The second-order valence-electron chi connectivity index (χ2n) is 3.82. The molecule has 0 saturated carbocycles. The molecule has 0 spiro atoms. The Morgan fingerprint density at radius 3 is 2.88 bits per heavy atom. The van der Waals surface area contributed by atoms with E-state index in [2.05, 4.69) is 15.0 Å². The summed E-state index contributed by atoms with van der Waals surface area (Å²) in [6.45, 7) is 4.96. The van der Waals surface area contributed by atoms with E-state index in [0.717, 1.165) is 0 Å². The number of nitrogens with zero attached hydrogens (tertiary/aromatic N) is 1. The van der Waals surface area contributed by atoms with E-state index < -0.39 is 0 Å². The predicted octanol–water partition coefficient (Wildman–Crippen LogP) is 0.922. The van der Waals surface area contributed by atoms with Crippen molar-refractivity contribution in [2.24, 2.45) is 0 Å². The Morgan fingerprint density at radius 1 is 1.59 bits per heavy atom. The number of ether oxygens (including phenoxy) is 1. The number of nitrogens with one attached hydrogen (secondary N) is 2. The Bertz CT molecular complexity index is 378. The van der Waals surface area contributed by atoms with Crippen molar-refractivity contribution in [3.63, 3.8) is 0 Å². The van der Waals surface area contributed by atoms with Crippen LogP contribution in [0.1, 0.15) is 24.2 Å². The van der Waals surface area contributed by atoms with Gasteiger partial charge in [-0.25, -0.2) is 0 Å². The minimum atomic E-state index is -0.203. The fourth-order valence-corrected chi connectivity index (χ4v) is 1.98. The average Bonchev–Trinajstić information content (AvgIpc) is 2.59. The van der Waals surface area contributed by atoms with Crippen LogP contribution in [0.3, 0.4) is 0 Å². The second kappa shape index (κ2) is 6.41. The van der Waals surface area contributed by atoms with Crippen molar-refractivity contribution >= 4 is 28.3 Å². The number of aromatic nitrogens is 1. The lowest BCUT2D eigenvalue weighted by atomic mass is 10.2. The Hall–Kier alpha value is -1.34. The Labute approximate surface area is 105 Å². The molecule has 0 aliphatic heterocycles. The van der Waals surface area contributed by atoms with Crippen molar-refractivity contribution in [2.75, 3.05) is 31.3 Å². The summed E-state index contributed by atoms with van der Waals surface area (Å²) in [7, 11) is 1.62. The molecule has 1 heterocycles. The summed E-state index contributed by atoms with van der Waals surface area (Å²) in [5.41, 5.74) is 6.11. The zero-order valence-electron chi connectivity index (χ0n) is 10.2. The molecular weight excluding hydrogens is 240 g/mol. The first kappa shape index (κ1) is 13.7. The number of nitrogen functional groups attached to an aromatic ring is 1. The summed E-state index contributed by atoms with van der Waals surface area (Å²) < 4.78 is 8.90. The Balaban J connectivity index is 2.75. The molecule has 0 aromatic carbocycles. The van der Waals surface area contributed by atoms with Gasteiger partial charge in [0.25, 0.3) is 5.91 Å². The van der Waals surface area contributed by atoms with Gasteiger partial charge in [0.15, 0.2) is 5.82 Å². The normalized spacial score (nSPS) is 10.6. The molecule has 6 nitrogen and oxygen atoms in total. The molecular formula is C10H18N4O2S. The summed E-state index contributed by atoms with van der Waals surface area (Å²) in [5.74, 6) is 0.0548.